The van der Waals surface area contributed by atoms with Gasteiger partial charge in [-0.1, -0.05) is 38.5 Å². The second kappa shape index (κ2) is 12.5. The molecule has 0 aromatic rings. The van der Waals surface area contributed by atoms with E-state index in [2.05, 4.69) is 9.80 Å². The molecule has 4 unspecified atom stereocenters. The van der Waals surface area contributed by atoms with E-state index in [-0.39, 0.29) is 24.8 Å². The summed E-state index contributed by atoms with van der Waals surface area (Å²) in [5.74, 6) is 0. The van der Waals surface area contributed by atoms with Crippen LogP contribution >= 0.6 is 24.8 Å². The number of likely N-dealkylation sites (tertiary alicyclic amines) is 2. The molecule has 0 spiro atoms. The highest BCUT2D eigenvalue weighted by molar-refractivity contribution is 7.86. The molecule has 0 N–H and O–H groups in total. The molecule has 2 heterocycles. The quantitative estimate of drug-likeness (QED) is 0.587. The van der Waals surface area contributed by atoms with Gasteiger partial charge in [0.25, 0.3) is 0 Å². The largest absolute Gasteiger partial charge is 0.299 e. The first-order chi connectivity index (χ1) is 12.8. The zero-order chi connectivity index (χ0) is 17.8. The molecule has 0 aromatic heterocycles. The summed E-state index contributed by atoms with van der Waals surface area (Å²) in [7, 11) is -0.640. The fraction of sp³-hybridized carbons (Fsp3) is 1.00. The van der Waals surface area contributed by atoms with Gasteiger partial charge in [0.05, 0.1) is 10.5 Å². The summed E-state index contributed by atoms with van der Waals surface area (Å²) in [5.41, 5.74) is 0. The normalized spacial score (nSPS) is 36.7. The lowest BCUT2D eigenvalue weighted by molar-refractivity contribution is 0.126. The Morgan fingerprint density at radius 2 is 0.857 bits per heavy atom. The fourth-order valence-electron chi connectivity index (χ4n) is 6.26. The molecule has 0 radical (unpaired) electrons. The fourth-order valence-corrected chi connectivity index (χ4v) is 8.74. The molecule has 28 heavy (non-hydrogen) atoms. The highest BCUT2D eigenvalue weighted by atomic mass is 35.5. The highest BCUT2D eigenvalue weighted by Gasteiger charge is 2.41. The van der Waals surface area contributed by atoms with Crippen LogP contribution in [0.4, 0.5) is 0 Å². The first-order valence-electron chi connectivity index (χ1n) is 11.7. The molecule has 6 heteroatoms. The van der Waals surface area contributed by atoms with Crippen LogP contribution in [0.1, 0.15) is 89.9 Å². The van der Waals surface area contributed by atoms with Gasteiger partial charge >= 0.3 is 0 Å². The van der Waals surface area contributed by atoms with Gasteiger partial charge in [-0.2, -0.15) is 0 Å². The van der Waals surface area contributed by atoms with Crippen LogP contribution in [0.5, 0.6) is 0 Å². The second-order valence-electron chi connectivity index (χ2n) is 9.30. The van der Waals surface area contributed by atoms with Crippen molar-refractivity contribution in [3.63, 3.8) is 0 Å². The van der Waals surface area contributed by atoms with Crippen LogP contribution in [0.15, 0.2) is 0 Å². The number of hydrogen-bond acceptors (Lipinski definition) is 3. The molecule has 4 fully saturated rings. The zero-order valence-electron chi connectivity index (χ0n) is 17.6. The Labute approximate surface area is 188 Å². The molecule has 2 saturated carbocycles. The van der Waals surface area contributed by atoms with Crippen molar-refractivity contribution < 1.29 is 4.21 Å². The molecule has 0 bridgehead atoms. The topological polar surface area (TPSA) is 23.6 Å². The van der Waals surface area contributed by atoms with Crippen LogP contribution in [0.25, 0.3) is 0 Å². The van der Waals surface area contributed by atoms with E-state index in [9.17, 15) is 4.21 Å². The van der Waals surface area contributed by atoms with Crippen molar-refractivity contribution in [3.8, 4) is 0 Å². The van der Waals surface area contributed by atoms with Crippen molar-refractivity contribution in [2.45, 2.75) is 112 Å². The molecular formula is C22H42Cl2N2OS. The lowest BCUT2D eigenvalue weighted by atomic mass is 9.91. The van der Waals surface area contributed by atoms with E-state index in [4.69, 9.17) is 0 Å². The zero-order valence-corrected chi connectivity index (χ0v) is 20.0. The SMILES string of the molecule is Cl.Cl.O=S(C1CCCCC1N1CCCCC1)C1CCCCC1N1CCCCC1. The van der Waals surface area contributed by atoms with Gasteiger partial charge in [-0.15, -0.1) is 24.8 Å². The lowest BCUT2D eigenvalue weighted by Crippen LogP contribution is -2.55. The molecule has 4 aliphatic rings. The first-order valence-corrected chi connectivity index (χ1v) is 13.0. The summed E-state index contributed by atoms with van der Waals surface area (Å²) in [5, 5.41) is 0.912. The van der Waals surface area contributed by atoms with E-state index in [0.29, 0.717) is 22.6 Å². The standard InChI is InChI=1S/C22H40N2OS.2ClH/c25-26(21-13-5-3-11-19(21)23-15-7-1-8-16-23)22-14-6-4-12-20(22)24-17-9-2-10-18-24;;/h19-22H,1-18H2;2*1H. The number of piperidine rings is 2. The molecule has 4 rings (SSSR count). The van der Waals surface area contributed by atoms with Crippen molar-refractivity contribution in [1.29, 1.82) is 0 Å². The van der Waals surface area contributed by atoms with Gasteiger partial charge in [-0.05, 0) is 77.5 Å². The molecule has 2 aliphatic heterocycles. The van der Waals surface area contributed by atoms with E-state index in [1.807, 2.05) is 0 Å². The summed E-state index contributed by atoms with van der Waals surface area (Å²) >= 11 is 0. The van der Waals surface area contributed by atoms with Gasteiger partial charge < -0.3 is 0 Å². The van der Waals surface area contributed by atoms with Gasteiger partial charge in [-0.25, -0.2) is 0 Å². The molecule has 4 atom stereocenters. The van der Waals surface area contributed by atoms with Crippen LogP contribution in [0.2, 0.25) is 0 Å². The van der Waals surface area contributed by atoms with Gasteiger partial charge in [0.1, 0.15) is 0 Å². The number of nitrogens with zero attached hydrogens (tertiary/aromatic N) is 2. The number of rotatable bonds is 4. The molecule has 0 aromatic carbocycles. The molecule has 166 valence electrons. The van der Waals surface area contributed by atoms with Gasteiger partial charge in [0, 0.05) is 22.9 Å². The van der Waals surface area contributed by atoms with Gasteiger partial charge in [0.2, 0.25) is 0 Å². The summed E-state index contributed by atoms with van der Waals surface area (Å²) in [6, 6.07) is 1.24. The monoisotopic (exact) mass is 452 g/mol. The summed E-state index contributed by atoms with van der Waals surface area (Å²) in [6.07, 6.45) is 18.6. The van der Waals surface area contributed by atoms with Crippen LogP contribution in [0, 0.1) is 0 Å². The predicted molar refractivity (Wildman–Crippen MR) is 126 cm³/mol. The predicted octanol–water partition coefficient (Wildman–Crippen LogP) is 5.17. The smallest absolute Gasteiger partial charge is 0.0506 e. The Balaban J connectivity index is 0.00000140. The number of halogens is 2. The lowest BCUT2D eigenvalue weighted by Gasteiger charge is -2.46. The minimum absolute atomic E-state index is 0. The maximum absolute atomic E-state index is 13.9. The first kappa shape index (κ1) is 24.9. The molecule has 3 nitrogen and oxygen atoms in total. The Morgan fingerprint density at radius 3 is 1.25 bits per heavy atom. The van der Waals surface area contributed by atoms with Crippen LogP contribution < -0.4 is 0 Å². The van der Waals surface area contributed by atoms with E-state index in [1.165, 1.54) is 116 Å². The minimum atomic E-state index is -0.640. The summed E-state index contributed by atoms with van der Waals surface area (Å²) in [4.78, 5) is 5.48. The van der Waals surface area contributed by atoms with E-state index < -0.39 is 10.8 Å². The van der Waals surface area contributed by atoms with Crippen LogP contribution in [-0.2, 0) is 10.8 Å². The van der Waals surface area contributed by atoms with E-state index >= 15 is 0 Å². The maximum atomic E-state index is 13.9. The van der Waals surface area contributed by atoms with E-state index in [1.54, 1.807) is 0 Å². The van der Waals surface area contributed by atoms with Crippen molar-refractivity contribution in [2.75, 3.05) is 26.2 Å². The Hall–Kier alpha value is 0.650. The van der Waals surface area contributed by atoms with Crippen LogP contribution in [0.3, 0.4) is 0 Å². The second-order valence-corrected chi connectivity index (χ2v) is 11.2. The van der Waals surface area contributed by atoms with E-state index in [0.717, 1.165) is 0 Å². The third kappa shape index (κ3) is 5.87. The third-order valence-corrected chi connectivity index (χ3v) is 9.94. The summed E-state index contributed by atoms with van der Waals surface area (Å²) in [6.45, 7) is 5.05. The number of hydrogen-bond donors (Lipinski definition) is 0. The van der Waals surface area contributed by atoms with Crippen molar-refractivity contribution in [2.24, 2.45) is 0 Å². The maximum Gasteiger partial charge on any atom is 0.0506 e. The third-order valence-electron chi connectivity index (χ3n) is 7.65. The molecule has 2 saturated heterocycles. The Kier molecular flexibility index (Phi) is 11.1. The van der Waals surface area contributed by atoms with Gasteiger partial charge in [-0.3, -0.25) is 14.0 Å². The molecule has 0 amide bonds. The average molecular weight is 454 g/mol. The Bertz CT molecular complexity index is 429. The van der Waals surface area contributed by atoms with Crippen molar-refractivity contribution in [3.05, 3.63) is 0 Å². The minimum Gasteiger partial charge on any atom is -0.299 e. The highest BCUT2D eigenvalue weighted by Crippen LogP contribution is 2.35. The summed E-state index contributed by atoms with van der Waals surface area (Å²) < 4.78 is 13.9. The molecular weight excluding hydrogens is 411 g/mol. The average Bonchev–Trinajstić information content (AvgIpc) is 2.74. The van der Waals surface area contributed by atoms with Gasteiger partial charge in [0.15, 0.2) is 0 Å². The van der Waals surface area contributed by atoms with Crippen molar-refractivity contribution >= 4 is 35.6 Å². The van der Waals surface area contributed by atoms with Crippen LogP contribution in [-0.4, -0.2) is 62.8 Å². The van der Waals surface area contributed by atoms with Crippen molar-refractivity contribution in [1.82, 2.24) is 9.80 Å². The molecule has 2 aliphatic carbocycles. The Morgan fingerprint density at radius 1 is 0.500 bits per heavy atom.